The lowest BCUT2D eigenvalue weighted by Gasteiger charge is -2.19. The molecule has 0 N–H and O–H groups in total. The van der Waals surface area contributed by atoms with Gasteiger partial charge < -0.3 is 28.4 Å². The average Bonchev–Trinajstić information content (AvgIpc) is 2.81. The van der Waals surface area contributed by atoms with Crippen LogP contribution in [0.15, 0.2) is 83.4 Å². The minimum atomic E-state index is 0.256. The zero-order chi connectivity index (χ0) is 21.3. The van der Waals surface area contributed by atoms with Crippen molar-refractivity contribution in [1.82, 2.24) is 0 Å². The molecule has 0 saturated heterocycles. The van der Waals surface area contributed by atoms with Crippen molar-refractivity contribution in [2.45, 2.75) is 0 Å². The van der Waals surface area contributed by atoms with Crippen molar-refractivity contribution in [2.75, 3.05) is 39.3 Å². The molecule has 0 saturated carbocycles. The van der Waals surface area contributed by atoms with E-state index in [0.29, 0.717) is 60.9 Å². The molecule has 0 unspecified atom stereocenters. The third kappa shape index (κ3) is 5.99. The smallest absolute Gasteiger partial charge is 0.168 e. The van der Waals surface area contributed by atoms with E-state index in [0.717, 1.165) is 4.91 Å². The zero-order valence-electron chi connectivity index (χ0n) is 17.2. The second-order valence-electron chi connectivity index (χ2n) is 6.59. The van der Waals surface area contributed by atoms with Gasteiger partial charge in [-0.25, -0.2) is 0 Å². The molecule has 0 aromatic heterocycles. The van der Waals surface area contributed by atoms with Gasteiger partial charge in [-0.05, 0) is 42.7 Å². The number of fused-ring (bicyclic) bond motifs is 4. The summed E-state index contributed by atoms with van der Waals surface area (Å²) in [6, 6.07) is 15.0. The Labute approximate surface area is 186 Å². The van der Waals surface area contributed by atoms with Crippen molar-refractivity contribution in [3.05, 3.63) is 83.4 Å². The molecule has 2 aliphatic rings. The highest BCUT2D eigenvalue weighted by atomic mass is 32.2. The van der Waals surface area contributed by atoms with Gasteiger partial charge in [0.05, 0.1) is 13.2 Å². The summed E-state index contributed by atoms with van der Waals surface area (Å²) < 4.78 is 35.1. The first kappa shape index (κ1) is 21.2. The van der Waals surface area contributed by atoms with Crippen LogP contribution in [0, 0.1) is 0 Å². The number of para-hydroxylation sites is 4. The van der Waals surface area contributed by atoms with E-state index in [2.05, 4.69) is 0 Å². The van der Waals surface area contributed by atoms with Crippen LogP contribution in [0.2, 0.25) is 0 Å². The predicted octanol–water partition coefficient (Wildman–Crippen LogP) is 4.93. The van der Waals surface area contributed by atoms with E-state index in [1.54, 1.807) is 18.0 Å². The first-order valence-corrected chi connectivity index (χ1v) is 11.2. The maximum absolute atomic E-state index is 5.98. The van der Waals surface area contributed by atoms with Gasteiger partial charge in [0.1, 0.15) is 31.8 Å². The van der Waals surface area contributed by atoms with Gasteiger partial charge in [0.15, 0.2) is 28.8 Å². The lowest BCUT2D eigenvalue weighted by molar-refractivity contribution is 0.0747. The summed E-state index contributed by atoms with van der Waals surface area (Å²) in [6.07, 6.45) is 7.45. The van der Waals surface area contributed by atoms with Gasteiger partial charge in [0.2, 0.25) is 0 Å². The van der Waals surface area contributed by atoms with Gasteiger partial charge in [0, 0.05) is 4.91 Å². The van der Waals surface area contributed by atoms with Gasteiger partial charge in [0.25, 0.3) is 0 Å². The molecule has 0 amide bonds. The average molecular weight is 441 g/mol. The van der Waals surface area contributed by atoms with Gasteiger partial charge in [-0.1, -0.05) is 24.3 Å². The number of allylic oxidation sites excluding steroid dienone is 2. The maximum Gasteiger partial charge on any atom is 0.168 e. The van der Waals surface area contributed by atoms with E-state index in [-0.39, 0.29) is 6.61 Å². The zero-order valence-corrected chi connectivity index (χ0v) is 18.1. The van der Waals surface area contributed by atoms with Crippen LogP contribution >= 0.6 is 11.8 Å². The third-order valence-electron chi connectivity index (χ3n) is 4.41. The van der Waals surface area contributed by atoms with Crippen molar-refractivity contribution in [3.63, 3.8) is 0 Å². The molecule has 7 heteroatoms. The normalized spacial score (nSPS) is 18.8. The van der Waals surface area contributed by atoms with Crippen LogP contribution in [0.5, 0.6) is 23.0 Å². The van der Waals surface area contributed by atoms with Crippen LogP contribution in [0.25, 0.3) is 0 Å². The van der Waals surface area contributed by atoms with Gasteiger partial charge in [-0.15, -0.1) is 11.8 Å². The van der Waals surface area contributed by atoms with E-state index >= 15 is 0 Å². The highest BCUT2D eigenvalue weighted by Crippen LogP contribution is 2.31. The molecule has 2 heterocycles. The summed E-state index contributed by atoms with van der Waals surface area (Å²) in [4.78, 5) is 1.04. The molecule has 0 radical (unpaired) electrons. The summed E-state index contributed by atoms with van der Waals surface area (Å²) in [5, 5.41) is 0. The van der Waals surface area contributed by atoms with Gasteiger partial charge >= 0.3 is 0 Å². The van der Waals surface area contributed by atoms with E-state index in [1.807, 2.05) is 66.9 Å². The van der Waals surface area contributed by atoms with Crippen molar-refractivity contribution in [1.29, 1.82) is 0 Å². The Morgan fingerprint density at radius 2 is 1.32 bits per heavy atom. The summed E-state index contributed by atoms with van der Waals surface area (Å²) in [7, 11) is 0. The number of thioether (sulfide) groups is 1. The highest BCUT2D eigenvalue weighted by Gasteiger charge is 2.14. The SMILES string of the molecule is CSC1=C/C2=C/Oc3ccccc3OCCOCCOc3ccccc3OCC(=C1)O2. The van der Waals surface area contributed by atoms with E-state index in [4.69, 9.17) is 28.4 Å². The molecule has 162 valence electrons. The standard InChI is InChI=1S/C24H24O6S/c1-31-20-14-18-16-28-23-8-4-2-6-21(23)26-12-10-25-11-13-27-22-7-3-5-9-24(22)29-17-19(15-20)30-18/h2-9,14-16H,10-13,17H2,1H3/b18-16-. The second-order valence-corrected chi connectivity index (χ2v) is 7.47. The minimum absolute atomic E-state index is 0.256. The molecule has 4 rings (SSSR count). The molecule has 2 bridgehead atoms. The Hall–Kier alpha value is -3.03. The van der Waals surface area contributed by atoms with Crippen molar-refractivity contribution < 1.29 is 28.4 Å². The third-order valence-corrected chi connectivity index (χ3v) is 5.12. The van der Waals surface area contributed by atoms with Crippen LogP contribution in [0.4, 0.5) is 0 Å². The number of benzene rings is 2. The maximum atomic E-state index is 5.98. The second kappa shape index (κ2) is 10.8. The largest absolute Gasteiger partial charge is 0.487 e. The summed E-state index contributed by atoms with van der Waals surface area (Å²) in [6.45, 7) is 1.94. The van der Waals surface area contributed by atoms with Crippen LogP contribution in [0.3, 0.4) is 0 Å². The number of hydrogen-bond acceptors (Lipinski definition) is 7. The molecule has 0 aliphatic carbocycles. The summed E-state index contributed by atoms with van der Waals surface area (Å²) in [5.74, 6) is 3.79. The van der Waals surface area contributed by atoms with Crippen LogP contribution in [-0.2, 0) is 9.47 Å². The summed E-state index contributed by atoms with van der Waals surface area (Å²) >= 11 is 1.62. The number of ether oxygens (including phenoxy) is 6. The van der Waals surface area contributed by atoms with Crippen LogP contribution < -0.4 is 18.9 Å². The highest BCUT2D eigenvalue weighted by molar-refractivity contribution is 8.02. The molecule has 2 aromatic carbocycles. The predicted molar refractivity (Wildman–Crippen MR) is 120 cm³/mol. The van der Waals surface area contributed by atoms with Gasteiger partial charge in [-0.3, -0.25) is 0 Å². The van der Waals surface area contributed by atoms with E-state index < -0.39 is 0 Å². The first-order chi connectivity index (χ1) is 15.3. The fraction of sp³-hybridized carbons (Fsp3) is 0.250. The molecule has 0 atom stereocenters. The lowest BCUT2D eigenvalue weighted by atomic mass is 10.3. The molecule has 0 fully saturated rings. The Bertz CT molecular complexity index is 982. The molecule has 2 aromatic rings. The van der Waals surface area contributed by atoms with Gasteiger partial charge in [-0.2, -0.15) is 0 Å². The van der Waals surface area contributed by atoms with Crippen LogP contribution in [-0.4, -0.2) is 39.3 Å². The Balaban J connectivity index is 1.57. The number of rotatable bonds is 1. The molecule has 31 heavy (non-hydrogen) atoms. The van der Waals surface area contributed by atoms with E-state index in [9.17, 15) is 0 Å². The Morgan fingerprint density at radius 3 is 2.00 bits per heavy atom. The Morgan fingerprint density at radius 1 is 0.710 bits per heavy atom. The van der Waals surface area contributed by atoms with Crippen molar-refractivity contribution >= 4 is 11.8 Å². The summed E-state index contributed by atoms with van der Waals surface area (Å²) in [5.41, 5.74) is 0. The quantitative estimate of drug-likeness (QED) is 0.623. The van der Waals surface area contributed by atoms with Crippen molar-refractivity contribution in [3.8, 4) is 23.0 Å². The fourth-order valence-corrected chi connectivity index (χ4v) is 3.43. The van der Waals surface area contributed by atoms with Crippen molar-refractivity contribution in [2.24, 2.45) is 0 Å². The molecular formula is C24H24O6S. The molecule has 0 spiro atoms. The monoisotopic (exact) mass is 440 g/mol. The van der Waals surface area contributed by atoms with E-state index in [1.165, 1.54) is 0 Å². The first-order valence-electron chi connectivity index (χ1n) is 9.97. The Kier molecular flexibility index (Phi) is 7.41. The van der Waals surface area contributed by atoms with Crippen LogP contribution in [0.1, 0.15) is 0 Å². The number of hydrogen-bond donors (Lipinski definition) is 0. The lowest BCUT2D eigenvalue weighted by Crippen LogP contribution is -2.13. The fourth-order valence-electron chi connectivity index (χ4n) is 2.95. The minimum Gasteiger partial charge on any atom is -0.487 e. The molecule has 2 aliphatic heterocycles. The molecular weight excluding hydrogens is 416 g/mol. The molecule has 6 nitrogen and oxygen atoms in total. The topological polar surface area (TPSA) is 55.4 Å².